The number of methoxy groups -OCH3 is 2. The number of nitrogens with two attached hydrogens (primary N) is 1. The van der Waals surface area contributed by atoms with Gasteiger partial charge in [0.2, 0.25) is 5.91 Å². The van der Waals surface area contributed by atoms with Crippen molar-refractivity contribution in [3.8, 4) is 42.3 Å². The van der Waals surface area contributed by atoms with Gasteiger partial charge in [-0.3, -0.25) is 29.4 Å². The first-order valence-electron chi connectivity index (χ1n) is 23.6. The molecule has 0 radical (unpaired) electrons. The Balaban J connectivity index is 0.000000232. The smallest absolute Gasteiger partial charge is 0.337 e. The number of hydroxylamine groups is 1. The summed E-state index contributed by atoms with van der Waals surface area (Å²) in [5.41, 5.74) is 13.9. The fourth-order valence-corrected chi connectivity index (χ4v) is 9.04. The normalized spacial score (nSPS) is 15.2. The second-order valence-corrected chi connectivity index (χ2v) is 18.8. The Labute approximate surface area is 437 Å². The van der Waals surface area contributed by atoms with Gasteiger partial charge in [-0.25, -0.2) is 10.3 Å². The number of amides is 1. The van der Waals surface area contributed by atoms with Gasteiger partial charge in [-0.05, 0) is 37.1 Å². The third-order valence-electron chi connectivity index (χ3n) is 11.7. The molecule has 2 saturated heterocycles. The van der Waals surface area contributed by atoms with E-state index in [9.17, 15) is 24.3 Å². The summed E-state index contributed by atoms with van der Waals surface area (Å²) in [5, 5.41) is 54.8. The number of rotatable bonds is 16. The predicted octanol–water partition coefficient (Wildman–Crippen LogP) is 4.75. The summed E-state index contributed by atoms with van der Waals surface area (Å²) in [4.78, 5) is 51.0. The minimum absolute atomic E-state index is 0.214. The summed E-state index contributed by atoms with van der Waals surface area (Å²) in [7, 11) is 3.60. The molecule has 4 atom stereocenters. The van der Waals surface area contributed by atoms with Crippen molar-refractivity contribution in [1.29, 1.82) is 0 Å². The molecule has 2 aliphatic rings. The highest BCUT2D eigenvalue weighted by Crippen LogP contribution is 2.32. The van der Waals surface area contributed by atoms with Gasteiger partial charge in [-0.1, -0.05) is 108 Å². The number of esters is 2. The van der Waals surface area contributed by atoms with Gasteiger partial charge >= 0.3 is 11.9 Å². The van der Waals surface area contributed by atoms with Crippen molar-refractivity contribution in [3.63, 3.8) is 0 Å². The first-order chi connectivity index (χ1) is 35.8. The molecular formula is C52H64N8O12S2. The molecule has 0 saturated carbocycles. The number of morpholine rings is 2. The Morgan fingerprint density at radius 2 is 0.973 bits per heavy atom. The number of aromatic nitrogens is 4. The van der Waals surface area contributed by atoms with Crippen molar-refractivity contribution in [3.05, 3.63) is 119 Å². The van der Waals surface area contributed by atoms with Crippen LogP contribution in [-0.2, 0) is 41.6 Å². The van der Waals surface area contributed by atoms with Crippen molar-refractivity contribution < 1.29 is 58.7 Å². The topological polar surface area (TPSA) is 282 Å². The lowest BCUT2D eigenvalue weighted by Gasteiger charge is -2.26. The van der Waals surface area contributed by atoms with Crippen LogP contribution in [0.5, 0.6) is 0 Å². The van der Waals surface area contributed by atoms with Crippen LogP contribution in [0, 0.1) is 5.92 Å². The molecule has 0 unspecified atom stereocenters. The van der Waals surface area contributed by atoms with Gasteiger partial charge in [0.15, 0.2) is 5.78 Å². The van der Waals surface area contributed by atoms with Crippen LogP contribution in [0.3, 0.4) is 0 Å². The van der Waals surface area contributed by atoms with Crippen molar-refractivity contribution in [1.82, 2.24) is 35.7 Å². The maximum atomic E-state index is 12.6. The quantitative estimate of drug-likeness (QED) is 0.0330. The average molecular weight is 1060 g/mol. The summed E-state index contributed by atoms with van der Waals surface area (Å²) < 4.78 is 19.8. The highest BCUT2D eigenvalue weighted by Gasteiger charge is 2.27. The van der Waals surface area contributed by atoms with Gasteiger partial charge in [0.25, 0.3) is 0 Å². The number of Topliss-reactive ketones (excluding diaryl/α,β-unsaturated/α-hetero) is 1. The Hall–Kier alpha value is -6.28. The lowest BCUT2D eigenvalue weighted by molar-refractivity contribution is -0.144. The van der Waals surface area contributed by atoms with Gasteiger partial charge in [0, 0.05) is 80.6 Å². The molecule has 7 N–H and O–H groups in total. The monoisotopic (exact) mass is 1060 g/mol. The van der Waals surface area contributed by atoms with Gasteiger partial charge < -0.3 is 40.0 Å². The molecule has 0 bridgehead atoms. The Morgan fingerprint density at radius 1 is 0.608 bits per heavy atom. The maximum absolute atomic E-state index is 12.6. The number of hydrogen-bond donors (Lipinski definition) is 6. The number of benzene rings is 4. The molecule has 22 heteroatoms. The molecular weight excluding hydrogens is 993 g/mol. The first kappa shape index (κ1) is 58.6. The van der Waals surface area contributed by atoms with E-state index in [0.717, 1.165) is 115 Å². The summed E-state index contributed by atoms with van der Waals surface area (Å²) in [5.74, 6) is -3.06. The Morgan fingerprint density at radius 3 is 1.28 bits per heavy atom. The minimum atomic E-state index is -1.07. The molecule has 0 spiro atoms. The predicted molar refractivity (Wildman–Crippen MR) is 279 cm³/mol. The summed E-state index contributed by atoms with van der Waals surface area (Å²) in [6.07, 6.45) is -2.13. The molecule has 2 aromatic heterocycles. The lowest BCUT2D eigenvalue weighted by atomic mass is 9.93. The maximum Gasteiger partial charge on any atom is 0.337 e. The fourth-order valence-electron chi connectivity index (χ4n) is 7.33. The van der Waals surface area contributed by atoms with Crippen LogP contribution < -0.4 is 11.2 Å². The number of nitrogens with zero attached hydrogens (tertiary/aromatic N) is 6. The Bertz CT molecular complexity index is 2660. The van der Waals surface area contributed by atoms with Gasteiger partial charge in [0.1, 0.15) is 26.1 Å². The molecule has 20 nitrogen and oxygen atoms in total. The second-order valence-electron chi connectivity index (χ2n) is 16.9. The number of ketones is 1. The molecule has 74 heavy (non-hydrogen) atoms. The van der Waals surface area contributed by atoms with Crippen LogP contribution >= 0.6 is 22.7 Å². The molecule has 396 valence electrons. The van der Waals surface area contributed by atoms with E-state index in [1.165, 1.54) is 67.3 Å². The van der Waals surface area contributed by atoms with Crippen molar-refractivity contribution in [2.45, 2.75) is 51.6 Å². The third-order valence-corrected chi connectivity index (χ3v) is 13.7. The summed E-state index contributed by atoms with van der Waals surface area (Å²) in [6.45, 7) is 11.7. The number of nitrogens with one attached hydrogen (secondary N) is 1. The van der Waals surface area contributed by atoms with Gasteiger partial charge in [0.05, 0.1) is 64.3 Å². The van der Waals surface area contributed by atoms with E-state index >= 15 is 0 Å². The van der Waals surface area contributed by atoms with E-state index in [4.69, 9.17) is 35.4 Å². The minimum Gasteiger partial charge on any atom is -0.468 e. The zero-order valence-corrected chi connectivity index (χ0v) is 43.6. The van der Waals surface area contributed by atoms with E-state index in [1.54, 1.807) is 36.4 Å². The van der Waals surface area contributed by atoms with Crippen molar-refractivity contribution in [2.24, 2.45) is 11.7 Å². The second kappa shape index (κ2) is 30.2. The highest BCUT2D eigenvalue weighted by atomic mass is 32.1. The SMILES string of the molecule is CO.COC(=O)[C@@H](N)[C@@H](C)O.COC(=O)c1ccc(-c2nnc(-c3ccc(CN4CCOCC4)cc3)s2)cc1.C[C@@H](O)[C@H](CC(=O)c1ccc(-c2nnc(-c3ccc(CN4CCOCC4)cc3)s2)cc1)C(=O)NO. The Kier molecular flexibility index (Phi) is 23.9. The van der Waals surface area contributed by atoms with Crippen LogP contribution in [0.25, 0.3) is 42.3 Å². The molecule has 4 heterocycles. The number of aliphatic hydroxyl groups excluding tert-OH is 3. The van der Waals surface area contributed by atoms with Gasteiger partial charge in [-0.2, -0.15) is 0 Å². The molecule has 1 amide bonds. The van der Waals surface area contributed by atoms with E-state index in [-0.39, 0.29) is 18.2 Å². The van der Waals surface area contributed by atoms with Crippen LogP contribution in [-0.4, -0.2) is 167 Å². The van der Waals surface area contributed by atoms with E-state index in [1.807, 2.05) is 12.1 Å². The number of aliphatic hydroxyl groups is 3. The molecule has 8 rings (SSSR count). The van der Waals surface area contributed by atoms with Crippen molar-refractivity contribution in [2.75, 3.05) is 73.9 Å². The zero-order valence-electron chi connectivity index (χ0n) is 42.0. The largest absolute Gasteiger partial charge is 0.468 e. The molecule has 0 aliphatic carbocycles. The van der Waals surface area contributed by atoms with E-state index in [2.05, 4.69) is 83.5 Å². The van der Waals surface area contributed by atoms with Crippen LogP contribution in [0.15, 0.2) is 97.1 Å². The number of hydrogen-bond acceptors (Lipinski definition) is 21. The highest BCUT2D eigenvalue weighted by molar-refractivity contribution is 7.18. The first-order valence-corrected chi connectivity index (χ1v) is 25.3. The van der Waals surface area contributed by atoms with E-state index < -0.39 is 36.0 Å². The summed E-state index contributed by atoms with van der Waals surface area (Å²) in [6, 6.07) is 30.0. The molecule has 6 aromatic rings. The number of carbonyl (C=O) groups excluding carboxylic acids is 4. The zero-order chi connectivity index (χ0) is 53.6. The van der Waals surface area contributed by atoms with Crippen LogP contribution in [0.1, 0.15) is 52.1 Å². The lowest BCUT2D eigenvalue weighted by Crippen LogP contribution is -2.40. The molecule has 4 aromatic carbocycles. The van der Waals surface area contributed by atoms with Crippen LogP contribution in [0.4, 0.5) is 0 Å². The van der Waals surface area contributed by atoms with Gasteiger partial charge in [-0.15, -0.1) is 20.4 Å². The average Bonchev–Trinajstić information content (AvgIpc) is 4.15. The molecule has 2 aliphatic heterocycles. The van der Waals surface area contributed by atoms with Crippen molar-refractivity contribution >= 4 is 46.3 Å². The van der Waals surface area contributed by atoms with E-state index in [0.29, 0.717) is 11.1 Å². The molecule has 2 fully saturated rings. The fraction of sp³-hybridized carbons (Fsp3) is 0.385. The number of ether oxygens (including phenoxy) is 4. The summed E-state index contributed by atoms with van der Waals surface area (Å²) >= 11 is 3.00. The number of carbonyl (C=O) groups is 4. The standard InChI is InChI=1S/C25H28N4O5S.C21H21N3O3S.C5H11NO3.CH4O/c1-16(30)21(23(32)28-33)14-22(31)18-6-8-20(9-7-18)25-27-26-24(35-25)19-4-2-17(3-5-19)15-29-10-12-34-13-11-29;1-26-21(25)18-8-6-17(7-9-18)20-23-22-19(28-20)16-4-2-15(3-5-16)14-24-10-12-27-13-11-24;1-3(7)4(6)5(8)9-2;1-2/h2-9,16,21,30,33H,10-15H2,1H3,(H,28,32);2-9H,10-14H2,1H3;3-4,7H,6H2,1-2H3;2H,1H3/t16-,21+;;3-,4+;/m1.1./s1. The van der Waals surface area contributed by atoms with Crippen LogP contribution in [0.2, 0.25) is 0 Å². The third kappa shape index (κ3) is 17.4.